The van der Waals surface area contributed by atoms with Gasteiger partial charge in [-0.15, -0.1) is 0 Å². The Bertz CT molecular complexity index is 898. The molecule has 154 valence electrons. The standard InChI is InChI=1S/C23H27NO5/c1-26-18-6-4-7-19-17(18)14-23(15-29-19)10-5-11-24(23)22(25)13-16-8-9-20(27-2)21(12-16)28-3/h4,6-9,12H,5,10-11,13-15H2,1-3H3. The second-order valence-electron chi connectivity index (χ2n) is 7.64. The minimum Gasteiger partial charge on any atom is -0.496 e. The molecule has 2 heterocycles. The van der Waals surface area contributed by atoms with Gasteiger partial charge < -0.3 is 23.8 Å². The van der Waals surface area contributed by atoms with E-state index in [-0.39, 0.29) is 11.4 Å². The van der Waals surface area contributed by atoms with Crippen LogP contribution >= 0.6 is 0 Å². The zero-order chi connectivity index (χ0) is 20.4. The maximum Gasteiger partial charge on any atom is 0.227 e. The topological polar surface area (TPSA) is 57.2 Å². The largest absolute Gasteiger partial charge is 0.496 e. The predicted octanol–water partition coefficient (Wildman–Crippen LogP) is 3.25. The molecule has 1 amide bonds. The lowest BCUT2D eigenvalue weighted by Gasteiger charge is -2.42. The second kappa shape index (κ2) is 7.85. The molecule has 2 aromatic rings. The molecule has 0 saturated carbocycles. The first-order valence-corrected chi connectivity index (χ1v) is 9.90. The van der Waals surface area contributed by atoms with Crippen molar-refractivity contribution >= 4 is 5.91 Å². The van der Waals surface area contributed by atoms with E-state index in [1.54, 1.807) is 21.3 Å². The summed E-state index contributed by atoms with van der Waals surface area (Å²) in [6.45, 7) is 1.27. The number of likely N-dealkylation sites (tertiary alicyclic amines) is 1. The van der Waals surface area contributed by atoms with Gasteiger partial charge in [-0.3, -0.25) is 4.79 Å². The summed E-state index contributed by atoms with van der Waals surface area (Å²) in [6.07, 6.45) is 2.98. The third-order valence-corrected chi connectivity index (χ3v) is 6.01. The molecular formula is C23H27NO5. The zero-order valence-electron chi connectivity index (χ0n) is 17.2. The van der Waals surface area contributed by atoms with E-state index in [1.165, 1.54) is 0 Å². The summed E-state index contributed by atoms with van der Waals surface area (Å²) in [5.74, 6) is 3.07. The highest BCUT2D eigenvalue weighted by atomic mass is 16.5. The molecule has 2 aliphatic rings. The third-order valence-electron chi connectivity index (χ3n) is 6.01. The van der Waals surface area contributed by atoms with E-state index in [9.17, 15) is 4.79 Å². The number of ether oxygens (including phenoxy) is 4. The molecule has 1 fully saturated rings. The number of amides is 1. The molecule has 0 aliphatic carbocycles. The fraction of sp³-hybridized carbons (Fsp3) is 0.435. The van der Waals surface area contributed by atoms with Crippen molar-refractivity contribution in [1.82, 2.24) is 4.90 Å². The molecule has 0 radical (unpaired) electrons. The summed E-state index contributed by atoms with van der Waals surface area (Å²) in [5, 5.41) is 0. The van der Waals surface area contributed by atoms with Crippen LogP contribution in [0.1, 0.15) is 24.0 Å². The van der Waals surface area contributed by atoms with Gasteiger partial charge in [0.1, 0.15) is 18.1 Å². The average molecular weight is 397 g/mol. The van der Waals surface area contributed by atoms with E-state index < -0.39 is 0 Å². The third kappa shape index (κ3) is 3.48. The molecule has 29 heavy (non-hydrogen) atoms. The molecular weight excluding hydrogens is 370 g/mol. The second-order valence-corrected chi connectivity index (χ2v) is 7.64. The van der Waals surface area contributed by atoms with Gasteiger partial charge in [0, 0.05) is 18.5 Å². The number of benzene rings is 2. The van der Waals surface area contributed by atoms with Crippen LogP contribution in [-0.4, -0.2) is 50.8 Å². The fourth-order valence-corrected chi connectivity index (χ4v) is 4.56. The molecule has 0 N–H and O–H groups in total. The molecule has 2 aliphatic heterocycles. The van der Waals surface area contributed by atoms with Crippen LogP contribution in [0.15, 0.2) is 36.4 Å². The number of rotatable bonds is 5. The normalized spacial score (nSPS) is 20.2. The lowest BCUT2D eigenvalue weighted by Crippen LogP contribution is -2.54. The minimum atomic E-state index is -0.310. The van der Waals surface area contributed by atoms with Crippen molar-refractivity contribution < 1.29 is 23.7 Å². The molecule has 1 saturated heterocycles. The van der Waals surface area contributed by atoms with Gasteiger partial charge in [-0.2, -0.15) is 0 Å². The Morgan fingerprint density at radius 3 is 2.62 bits per heavy atom. The molecule has 1 unspecified atom stereocenters. The van der Waals surface area contributed by atoms with Crippen LogP contribution in [0.25, 0.3) is 0 Å². The highest BCUT2D eigenvalue weighted by molar-refractivity contribution is 5.80. The SMILES string of the molecule is COc1ccc(CC(=O)N2CCCC23COc2cccc(OC)c2C3)cc1OC. The molecule has 6 nitrogen and oxygen atoms in total. The first-order chi connectivity index (χ1) is 14.1. The van der Waals surface area contributed by atoms with Gasteiger partial charge in [0.2, 0.25) is 5.91 Å². The lowest BCUT2D eigenvalue weighted by atomic mass is 9.85. The van der Waals surface area contributed by atoms with Crippen molar-refractivity contribution in [2.45, 2.75) is 31.2 Å². The van der Waals surface area contributed by atoms with Crippen molar-refractivity contribution in [2.24, 2.45) is 0 Å². The predicted molar refractivity (Wildman–Crippen MR) is 109 cm³/mol. The Morgan fingerprint density at radius 1 is 1.07 bits per heavy atom. The van der Waals surface area contributed by atoms with Gasteiger partial charge in [0.15, 0.2) is 11.5 Å². The maximum absolute atomic E-state index is 13.3. The van der Waals surface area contributed by atoms with Crippen molar-refractivity contribution in [2.75, 3.05) is 34.5 Å². The smallest absolute Gasteiger partial charge is 0.227 e. The number of hydrogen-bond acceptors (Lipinski definition) is 5. The highest BCUT2D eigenvalue weighted by Crippen LogP contribution is 2.43. The Balaban J connectivity index is 1.56. The van der Waals surface area contributed by atoms with Gasteiger partial charge >= 0.3 is 0 Å². The average Bonchev–Trinajstić information content (AvgIpc) is 3.16. The van der Waals surface area contributed by atoms with E-state index in [0.717, 1.165) is 48.4 Å². The van der Waals surface area contributed by atoms with Crippen molar-refractivity contribution in [3.05, 3.63) is 47.5 Å². The molecule has 1 spiro atoms. The Morgan fingerprint density at radius 2 is 1.86 bits per heavy atom. The van der Waals surface area contributed by atoms with Crippen molar-refractivity contribution in [1.29, 1.82) is 0 Å². The molecule has 4 rings (SSSR count). The van der Waals surface area contributed by atoms with Crippen LogP contribution in [0.4, 0.5) is 0 Å². The molecule has 0 bridgehead atoms. The minimum absolute atomic E-state index is 0.108. The van der Waals surface area contributed by atoms with E-state index >= 15 is 0 Å². The number of methoxy groups -OCH3 is 3. The van der Waals surface area contributed by atoms with Crippen LogP contribution in [0.3, 0.4) is 0 Å². The maximum atomic E-state index is 13.3. The van der Waals surface area contributed by atoms with Gasteiger partial charge in [-0.05, 0) is 42.7 Å². The summed E-state index contributed by atoms with van der Waals surface area (Å²) < 4.78 is 22.3. The van der Waals surface area contributed by atoms with Gasteiger partial charge in [0.25, 0.3) is 0 Å². The van der Waals surface area contributed by atoms with Crippen molar-refractivity contribution in [3.63, 3.8) is 0 Å². The van der Waals surface area contributed by atoms with Gasteiger partial charge in [-0.25, -0.2) is 0 Å². The summed E-state index contributed by atoms with van der Waals surface area (Å²) in [6, 6.07) is 11.5. The van der Waals surface area contributed by atoms with Crippen LogP contribution in [0.5, 0.6) is 23.0 Å². The number of nitrogens with zero attached hydrogens (tertiary/aromatic N) is 1. The Hall–Kier alpha value is -2.89. The number of carbonyl (C=O) groups is 1. The highest BCUT2D eigenvalue weighted by Gasteiger charge is 2.47. The molecule has 1 atom stereocenters. The lowest BCUT2D eigenvalue weighted by molar-refractivity contribution is -0.136. The summed E-state index contributed by atoms with van der Waals surface area (Å²) in [4.78, 5) is 15.3. The first-order valence-electron chi connectivity index (χ1n) is 9.90. The van der Waals surface area contributed by atoms with Gasteiger partial charge in [-0.1, -0.05) is 12.1 Å². The molecule has 6 heteroatoms. The summed E-state index contributed by atoms with van der Waals surface area (Å²) in [5.41, 5.74) is 1.64. The Labute approximate surface area is 171 Å². The van der Waals surface area contributed by atoms with E-state index in [4.69, 9.17) is 18.9 Å². The molecule has 0 aromatic heterocycles. The number of hydrogen-bond donors (Lipinski definition) is 0. The zero-order valence-corrected chi connectivity index (χ0v) is 17.2. The summed E-state index contributed by atoms with van der Waals surface area (Å²) in [7, 11) is 4.88. The number of carbonyl (C=O) groups excluding carboxylic acids is 1. The number of fused-ring (bicyclic) bond motifs is 1. The monoisotopic (exact) mass is 397 g/mol. The van der Waals surface area contributed by atoms with E-state index in [0.29, 0.717) is 24.5 Å². The van der Waals surface area contributed by atoms with Gasteiger partial charge in [0.05, 0.1) is 33.3 Å². The molecule has 2 aromatic carbocycles. The van der Waals surface area contributed by atoms with Crippen LogP contribution in [0, 0.1) is 0 Å². The van der Waals surface area contributed by atoms with E-state index in [1.807, 2.05) is 41.3 Å². The van der Waals surface area contributed by atoms with Crippen LogP contribution in [0.2, 0.25) is 0 Å². The van der Waals surface area contributed by atoms with Crippen LogP contribution < -0.4 is 18.9 Å². The van der Waals surface area contributed by atoms with Crippen LogP contribution in [-0.2, 0) is 17.6 Å². The summed E-state index contributed by atoms with van der Waals surface area (Å²) >= 11 is 0. The first kappa shape index (κ1) is 19.4. The quantitative estimate of drug-likeness (QED) is 0.775. The van der Waals surface area contributed by atoms with Crippen molar-refractivity contribution in [3.8, 4) is 23.0 Å². The van der Waals surface area contributed by atoms with E-state index in [2.05, 4.69) is 0 Å². The fourth-order valence-electron chi connectivity index (χ4n) is 4.56. The Kier molecular flexibility index (Phi) is 5.26.